The van der Waals surface area contributed by atoms with Crippen LogP contribution in [-0.2, 0) is 20.8 Å². The SMILES string of the molecule is CC(C)(CCNC(=O)c1csc2ccccc12)CC(=O)N1CCC2C1C(=O)CN2C(=O)Cc1cccnc1. The Hall–Kier alpha value is -3.59. The van der Waals surface area contributed by atoms with Crippen molar-refractivity contribution in [2.24, 2.45) is 5.41 Å². The number of nitrogens with zero attached hydrogens (tertiary/aromatic N) is 3. The molecule has 2 atom stereocenters. The van der Waals surface area contributed by atoms with E-state index in [4.69, 9.17) is 0 Å². The molecule has 0 bridgehead atoms. The fourth-order valence-electron chi connectivity index (χ4n) is 5.56. The summed E-state index contributed by atoms with van der Waals surface area (Å²) in [5, 5.41) is 5.82. The number of nitrogens with one attached hydrogen (secondary N) is 1. The van der Waals surface area contributed by atoms with Crippen LogP contribution in [0, 0.1) is 5.41 Å². The number of thiophene rings is 1. The third kappa shape index (κ3) is 5.34. The molecular weight excluding hydrogens is 500 g/mol. The molecule has 9 heteroatoms. The maximum Gasteiger partial charge on any atom is 0.252 e. The second-order valence-corrected chi connectivity index (χ2v) is 11.8. The number of likely N-dealkylation sites (tertiary alicyclic amines) is 2. The zero-order chi connectivity index (χ0) is 26.9. The van der Waals surface area contributed by atoms with Gasteiger partial charge in [-0.15, -0.1) is 11.3 Å². The topological polar surface area (TPSA) is 99.7 Å². The van der Waals surface area contributed by atoms with Crippen molar-refractivity contribution in [1.82, 2.24) is 20.1 Å². The molecule has 8 nitrogen and oxygen atoms in total. The average molecular weight is 533 g/mol. The lowest BCUT2D eigenvalue weighted by Crippen LogP contribution is -2.45. The fraction of sp³-hybridized carbons (Fsp3) is 0.414. The Morgan fingerprint density at radius 3 is 2.71 bits per heavy atom. The molecule has 2 aliphatic heterocycles. The Labute approximate surface area is 226 Å². The normalized spacial score (nSPS) is 19.2. The molecule has 38 heavy (non-hydrogen) atoms. The van der Waals surface area contributed by atoms with Gasteiger partial charge in [0, 0.05) is 47.4 Å². The number of Topliss-reactive ketones (excluding diaryl/α,β-unsaturated/α-hetero) is 1. The largest absolute Gasteiger partial charge is 0.352 e. The van der Waals surface area contributed by atoms with Crippen molar-refractivity contribution in [2.45, 2.75) is 51.6 Å². The first-order chi connectivity index (χ1) is 18.2. The van der Waals surface area contributed by atoms with Gasteiger partial charge < -0.3 is 15.1 Å². The maximum absolute atomic E-state index is 13.3. The number of benzene rings is 1. The number of ketones is 1. The zero-order valence-electron chi connectivity index (χ0n) is 21.7. The van der Waals surface area contributed by atoms with Gasteiger partial charge in [-0.25, -0.2) is 0 Å². The number of hydrogen-bond donors (Lipinski definition) is 1. The molecule has 2 fully saturated rings. The Kier molecular flexibility index (Phi) is 7.29. The summed E-state index contributed by atoms with van der Waals surface area (Å²) in [6, 6.07) is 10.6. The smallest absolute Gasteiger partial charge is 0.252 e. The van der Waals surface area contributed by atoms with E-state index in [9.17, 15) is 19.2 Å². The van der Waals surface area contributed by atoms with Gasteiger partial charge in [0.1, 0.15) is 6.04 Å². The maximum atomic E-state index is 13.3. The highest BCUT2D eigenvalue weighted by Gasteiger charge is 2.51. The first-order valence-electron chi connectivity index (χ1n) is 13.0. The molecular formula is C29H32N4O4S. The predicted octanol–water partition coefficient (Wildman–Crippen LogP) is 3.46. The van der Waals surface area contributed by atoms with E-state index in [-0.39, 0.29) is 54.3 Å². The molecule has 0 saturated carbocycles. The Morgan fingerprint density at radius 2 is 1.92 bits per heavy atom. The van der Waals surface area contributed by atoms with E-state index in [0.29, 0.717) is 31.5 Å². The molecule has 5 rings (SSSR count). The summed E-state index contributed by atoms with van der Waals surface area (Å²) in [7, 11) is 0. The van der Waals surface area contributed by atoms with Gasteiger partial charge in [0.2, 0.25) is 11.8 Å². The summed E-state index contributed by atoms with van der Waals surface area (Å²) in [4.78, 5) is 59.3. The molecule has 0 aliphatic carbocycles. The van der Waals surface area contributed by atoms with Crippen LogP contribution in [0.2, 0.25) is 0 Å². The molecule has 2 aliphatic rings. The minimum absolute atomic E-state index is 0.0465. The number of fused-ring (bicyclic) bond motifs is 2. The van der Waals surface area contributed by atoms with Gasteiger partial charge in [-0.2, -0.15) is 0 Å². The first kappa shape index (κ1) is 26.0. The van der Waals surface area contributed by atoms with Crippen LogP contribution in [0.1, 0.15) is 49.0 Å². The number of rotatable bonds is 8. The van der Waals surface area contributed by atoms with Gasteiger partial charge in [0.15, 0.2) is 5.78 Å². The van der Waals surface area contributed by atoms with Crippen molar-refractivity contribution in [1.29, 1.82) is 0 Å². The Bertz CT molecular complexity index is 1370. The lowest BCUT2D eigenvalue weighted by molar-refractivity contribution is -0.138. The molecule has 0 radical (unpaired) electrons. The van der Waals surface area contributed by atoms with Crippen LogP contribution >= 0.6 is 11.3 Å². The Balaban J connectivity index is 1.14. The number of carbonyl (C=O) groups is 4. The lowest BCUT2D eigenvalue weighted by atomic mass is 9.85. The summed E-state index contributed by atoms with van der Waals surface area (Å²) in [6.45, 7) is 4.97. The number of amides is 3. The van der Waals surface area contributed by atoms with E-state index >= 15 is 0 Å². The molecule has 2 saturated heterocycles. The van der Waals surface area contributed by atoms with E-state index in [1.165, 1.54) is 0 Å². The minimum atomic E-state index is -0.567. The third-order valence-electron chi connectivity index (χ3n) is 7.58. The van der Waals surface area contributed by atoms with Crippen molar-refractivity contribution >= 4 is 44.9 Å². The molecule has 2 aromatic heterocycles. The number of carbonyl (C=O) groups excluding carboxylic acids is 4. The number of aromatic nitrogens is 1. The van der Waals surface area contributed by atoms with E-state index in [2.05, 4.69) is 10.3 Å². The van der Waals surface area contributed by atoms with Gasteiger partial charge >= 0.3 is 0 Å². The third-order valence-corrected chi connectivity index (χ3v) is 8.55. The average Bonchev–Trinajstić information content (AvgIpc) is 3.59. The van der Waals surface area contributed by atoms with Crippen LogP contribution in [0.15, 0.2) is 54.2 Å². The van der Waals surface area contributed by atoms with Crippen LogP contribution in [0.5, 0.6) is 0 Å². The van der Waals surface area contributed by atoms with Crippen LogP contribution < -0.4 is 5.32 Å². The summed E-state index contributed by atoms with van der Waals surface area (Å²) in [5.74, 6) is -0.372. The van der Waals surface area contributed by atoms with Gasteiger partial charge in [0.25, 0.3) is 5.91 Å². The number of pyridine rings is 1. The monoisotopic (exact) mass is 532 g/mol. The van der Waals surface area contributed by atoms with Crippen LogP contribution in [0.25, 0.3) is 10.1 Å². The second-order valence-electron chi connectivity index (χ2n) is 10.9. The molecule has 4 heterocycles. The molecule has 1 N–H and O–H groups in total. The van der Waals surface area contributed by atoms with Crippen molar-refractivity contribution in [3.63, 3.8) is 0 Å². The van der Waals surface area contributed by atoms with E-state index in [1.807, 2.05) is 49.6 Å². The highest BCUT2D eigenvalue weighted by atomic mass is 32.1. The zero-order valence-corrected chi connectivity index (χ0v) is 22.5. The lowest BCUT2D eigenvalue weighted by Gasteiger charge is -2.29. The summed E-state index contributed by atoms with van der Waals surface area (Å²) >= 11 is 1.55. The fourth-order valence-corrected chi connectivity index (χ4v) is 6.50. The molecule has 2 unspecified atom stereocenters. The Morgan fingerprint density at radius 1 is 1.11 bits per heavy atom. The van der Waals surface area contributed by atoms with Crippen molar-refractivity contribution in [3.05, 3.63) is 65.3 Å². The highest BCUT2D eigenvalue weighted by Crippen LogP contribution is 2.33. The second kappa shape index (κ2) is 10.6. The molecule has 1 aromatic carbocycles. The highest BCUT2D eigenvalue weighted by molar-refractivity contribution is 7.17. The molecule has 198 valence electrons. The summed E-state index contributed by atoms with van der Waals surface area (Å²) in [6.07, 6.45) is 5.00. The van der Waals surface area contributed by atoms with Crippen molar-refractivity contribution in [2.75, 3.05) is 19.6 Å². The summed E-state index contributed by atoms with van der Waals surface area (Å²) < 4.78 is 1.08. The van der Waals surface area contributed by atoms with Crippen LogP contribution in [0.4, 0.5) is 0 Å². The van der Waals surface area contributed by atoms with E-state index in [0.717, 1.165) is 15.6 Å². The first-order valence-corrected chi connectivity index (χ1v) is 13.9. The number of hydrogen-bond acceptors (Lipinski definition) is 6. The standard InChI is InChI=1S/C29H32N4O4S/c1-29(2,10-12-31-28(37)21-18-38-24-8-4-3-7-20(21)24)15-26(36)32-13-9-22-27(32)23(34)17-33(22)25(35)14-19-6-5-11-30-16-19/h3-8,11,16,18,22,27H,9-10,12-15,17H2,1-2H3,(H,31,37). The van der Waals surface area contributed by atoms with Gasteiger partial charge in [-0.3, -0.25) is 24.2 Å². The van der Waals surface area contributed by atoms with E-state index in [1.54, 1.807) is 39.6 Å². The van der Waals surface area contributed by atoms with Crippen LogP contribution in [-0.4, -0.2) is 70.0 Å². The molecule has 0 spiro atoms. The predicted molar refractivity (Wildman–Crippen MR) is 146 cm³/mol. The van der Waals surface area contributed by atoms with Crippen molar-refractivity contribution < 1.29 is 19.2 Å². The van der Waals surface area contributed by atoms with Crippen molar-refractivity contribution in [3.8, 4) is 0 Å². The van der Waals surface area contributed by atoms with Gasteiger partial charge in [-0.05, 0) is 36.0 Å². The quantitative estimate of drug-likeness (QED) is 0.479. The van der Waals surface area contributed by atoms with Gasteiger partial charge in [0.05, 0.1) is 24.6 Å². The van der Waals surface area contributed by atoms with E-state index < -0.39 is 6.04 Å². The van der Waals surface area contributed by atoms with Crippen LogP contribution in [0.3, 0.4) is 0 Å². The molecule has 3 amide bonds. The summed E-state index contributed by atoms with van der Waals surface area (Å²) in [5.41, 5.74) is 1.11. The molecule has 3 aromatic rings. The minimum Gasteiger partial charge on any atom is -0.352 e. The van der Waals surface area contributed by atoms with Gasteiger partial charge in [-0.1, -0.05) is 38.1 Å².